The van der Waals surface area contributed by atoms with E-state index in [1.54, 1.807) is 0 Å². The number of amides is 2. The molecular formula is C14H20N6O2. The summed E-state index contributed by atoms with van der Waals surface area (Å²) in [7, 11) is 0. The molecule has 0 spiro atoms. The average molecular weight is 304 g/mol. The van der Waals surface area contributed by atoms with Crippen LogP contribution in [0.25, 0.3) is 0 Å². The Bertz CT molecular complexity index is 585. The lowest BCUT2D eigenvalue weighted by Gasteiger charge is -2.29. The third-order valence-corrected chi connectivity index (χ3v) is 3.94. The number of aromatic nitrogens is 2. The Hall–Kier alpha value is -2.22. The summed E-state index contributed by atoms with van der Waals surface area (Å²) in [4.78, 5) is 25.1. The third-order valence-electron chi connectivity index (χ3n) is 3.94. The zero-order valence-electron chi connectivity index (χ0n) is 12.6. The van der Waals surface area contributed by atoms with Gasteiger partial charge in [-0.15, -0.1) is 10.2 Å². The second kappa shape index (κ2) is 6.27. The molecule has 0 radical (unpaired) electrons. The number of nitrogens with zero attached hydrogens (tertiary/aromatic N) is 3. The summed E-state index contributed by atoms with van der Waals surface area (Å²) in [5.41, 5.74) is 1.02. The van der Waals surface area contributed by atoms with Crippen LogP contribution in [0, 0.1) is 6.92 Å². The molecule has 0 bridgehead atoms. The summed E-state index contributed by atoms with van der Waals surface area (Å²) in [5, 5.41) is 17.1. The molecule has 2 aliphatic rings. The number of hydrogen-bond donors (Lipinski definition) is 3. The minimum Gasteiger partial charge on any atom is -0.357 e. The molecular weight excluding hydrogens is 284 g/mol. The molecule has 3 rings (SSSR count). The minimum absolute atomic E-state index is 0.223. The first-order valence-electron chi connectivity index (χ1n) is 7.54. The molecule has 2 saturated heterocycles. The molecule has 0 aromatic carbocycles. The molecule has 1 aromatic rings. The Kier molecular flexibility index (Phi) is 4.19. The van der Waals surface area contributed by atoms with Gasteiger partial charge in [-0.25, -0.2) is 0 Å². The number of hydrogen-bond acceptors (Lipinski definition) is 7. The van der Waals surface area contributed by atoms with Crippen LogP contribution in [0.3, 0.4) is 0 Å². The lowest BCUT2D eigenvalue weighted by atomic mass is 10.1. The van der Waals surface area contributed by atoms with E-state index in [1.807, 2.05) is 13.0 Å². The van der Waals surface area contributed by atoms with Crippen molar-refractivity contribution in [2.24, 2.45) is 0 Å². The van der Waals surface area contributed by atoms with Gasteiger partial charge in [-0.05, 0) is 25.0 Å². The highest BCUT2D eigenvalue weighted by Gasteiger charge is 2.27. The number of piperazine rings is 1. The van der Waals surface area contributed by atoms with Crippen LogP contribution in [0.5, 0.6) is 0 Å². The Morgan fingerprint density at radius 2 is 2.05 bits per heavy atom. The second-order valence-electron chi connectivity index (χ2n) is 5.62. The van der Waals surface area contributed by atoms with Crippen molar-refractivity contribution in [3.63, 3.8) is 0 Å². The predicted molar refractivity (Wildman–Crippen MR) is 81.6 cm³/mol. The van der Waals surface area contributed by atoms with Crippen molar-refractivity contribution in [3.8, 4) is 0 Å². The zero-order chi connectivity index (χ0) is 15.5. The number of aryl methyl sites for hydroxylation is 1. The maximum Gasteiger partial charge on any atom is 0.249 e. The maximum atomic E-state index is 11.8. The molecule has 118 valence electrons. The second-order valence-corrected chi connectivity index (χ2v) is 5.62. The lowest BCUT2D eigenvalue weighted by Crippen LogP contribution is -2.47. The topological polar surface area (TPSA) is 99.2 Å². The van der Waals surface area contributed by atoms with Crippen LogP contribution in [0.4, 0.5) is 11.6 Å². The van der Waals surface area contributed by atoms with Gasteiger partial charge in [0.15, 0.2) is 5.82 Å². The van der Waals surface area contributed by atoms with Gasteiger partial charge in [0.1, 0.15) is 11.9 Å². The van der Waals surface area contributed by atoms with Crippen LogP contribution in [-0.2, 0) is 9.59 Å². The van der Waals surface area contributed by atoms with Gasteiger partial charge in [-0.2, -0.15) is 0 Å². The molecule has 3 N–H and O–H groups in total. The van der Waals surface area contributed by atoms with Crippen LogP contribution in [0.2, 0.25) is 0 Å². The SMILES string of the molecule is Cc1cc(NC2CCC(=O)NC2=O)nnc1N1CCNCC1. The highest BCUT2D eigenvalue weighted by Crippen LogP contribution is 2.20. The van der Waals surface area contributed by atoms with Gasteiger partial charge in [0.25, 0.3) is 0 Å². The average Bonchev–Trinajstić information content (AvgIpc) is 2.51. The summed E-state index contributed by atoms with van der Waals surface area (Å²) < 4.78 is 0. The van der Waals surface area contributed by atoms with E-state index in [0.717, 1.165) is 37.6 Å². The van der Waals surface area contributed by atoms with E-state index in [4.69, 9.17) is 0 Å². The molecule has 1 atom stereocenters. The van der Waals surface area contributed by atoms with Crippen LogP contribution in [0.1, 0.15) is 18.4 Å². The number of imide groups is 1. The van der Waals surface area contributed by atoms with Crippen LogP contribution >= 0.6 is 0 Å². The number of carbonyl (C=O) groups is 2. The van der Waals surface area contributed by atoms with Gasteiger partial charge in [-0.1, -0.05) is 0 Å². The van der Waals surface area contributed by atoms with Crippen molar-refractivity contribution >= 4 is 23.5 Å². The van der Waals surface area contributed by atoms with Crippen LogP contribution < -0.4 is 20.9 Å². The molecule has 2 fully saturated rings. The molecule has 0 saturated carbocycles. The van der Waals surface area contributed by atoms with Crippen molar-refractivity contribution in [3.05, 3.63) is 11.6 Å². The summed E-state index contributed by atoms with van der Waals surface area (Å²) in [6.45, 7) is 5.70. The summed E-state index contributed by atoms with van der Waals surface area (Å²) >= 11 is 0. The van der Waals surface area contributed by atoms with Crippen molar-refractivity contribution in [1.29, 1.82) is 0 Å². The van der Waals surface area contributed by atoms with Gasteiger partial charge >= 0.3 is 0 Å². The number of nitrogens with one attached hydrogen (secondary N) is 3. The molecule has 0 aliphatic carbocycles. The predicted octanol–water partition coefficient (Wildman–Crippen LogP) is -0.588. The van der Waals surface area contributed by atoms with E-state index in [0.29, 0.717) is 18.7 Å². The molecule has 3 heterocycles. The lowest BCUT2D eigenvalue weighted by molar-refractivity contribution is -0.133. The summed E-state index contributed by atoms with van der Waals surface area (Å²) in [6.07, 6.45) is 0.819. The largest absolute Gasteiger partial charge is 0.357 e. The standard InChI is InChI=1S/C14H20N6O2/c1-9-8-11(16-10-2-3-12(21)17-14(10)22)18-19-13(9)20-6-4-15-5-7-20/h8,10,15H,2-7H2,1H3,(H,16,18)(H,17,21,22). The highest BCUT2D eigenvalue weighted by atomic mass is 16.2. The first kappa shape index (κ1) is 14.7. The molecule has 8 nitrogen and oxygen atoms in total. The Labute approximate surface area is 128 Å². The van der Waals surface area contributed by atoms with Gasteiger partial charge in [0, 0.05) is 32.6 Å². The Morgan fingerprint density at radius 3 is 2.73 bits per heavy atom. The number of piperidine rings is 1. The number of anilines is 2. The molecule has 2 aliphatic heterocycles. The normalized spacial score (nSPS) is 22.4. The smallest absolute Gasteiger partial charge is 0.249 e. The molecule has 1 aromatic heterocycles. The quantitative estimate of drug-likeness (QED) is 0.642. The number of carbonyl (C=O) groups excluding carboxylic acids is 2. The Balaban J connectivity index is 1.69. The molecule has 1 unspecified atom stereocenters. The molecule has 2 amide bonds. The summed E-state index contributed by atoms with van der Waals surface area (Å²) in [6, 6.07) is 1.46. The first-order valence-corrected chi connectivity index (χ1v) is 7.54. The van der Waals surface area contributed by atoms with E-state index < -0.39 is 6.04 Å². The maximum absolute atomic E-state index is 11.8. The van der Waals surface area contributed by atoms with Crippen LogP contribution in [-0.4, -0.2) is 54.2 Å². The van der Waals surface area contributed by atoms with Crippen molar-refractivity contribution in [1.82, 2.24) is 20.8 Å². The van der Waals surface area contributed by atoms with Crippen molar-refractivity contribution in [2.45, 2.75) is 25.8 Å². The fourth-order valence-corrected chi connectivity index (χ4v) is 2.75. The number of rotatable bonds is 3. The van der Waals surface area contributed by atoms with Crippen molar-refractivity contribution < 1.29 is 9.59 Å². The zero-order valence-corrected chi connectivity index (χ0v) is 12.6. The fraction of sp³-hybridized carbons (Fsp3) is 0.571. The molecule has 22 heavy (non-hydrogen) atoms. The van der Waals surface area contributed by atoms with E-state index >= 15 is 0 Å². The monoisotopic (exact) mass is 304 g/mol. The van der Waals surface area contributed by atoms with Gasteiger partial charge < -0.3 is 15.5 Å². The fourth-order valence-electron chi connectivity index (χ4n) is 2.75. The van der Waals surface area contributed by atoms with Crippen molar-refractivity contribution in [2.75, 3.05) is 36.4 Å². The summed E-state index contributed by atoms with van der Waals surface area (Å²) in [5.74, 6) is 0.919. The minimum atomic E-state index is -0.434. The van der Waals surface area contributed by atoms with E-state index in [1.165, 1.54) is 0 Å². The van der Waals surface area contributed by atoms with Gasteiger partial charge in [0.05, 0.1) is 0 Å². The van der Waals surface area contributed by atoms with E-state index in [-0.39, 0.29) is 11.8 Å². The van der Waals surface area contributed by atoms with Gasteiger partial charge in [-0.3, -0.25) is 14.9 Å². The molecule has 8 heteroatoms. The third kappa shape index (κ3) is 3.16. The van der Waals surface area contributed by atoms with Crippen LogP contribution in [0.15, 0.2) is 6.07 Å². The van der Waals surface area contributed by atoms with Gasteiger partial charge in [0.2, 0.25) is 11.8 Å². The Morgan fingerprint density at radius 1 is 1.27 bits per heavy atom. The van der Waals surface area contributed by atoms with E-state index in [2.05, 4.69) is 31.0 Å². The highest BCUT2D eigenvalue weighted by molar-refractivity contribution is 6.01. The van der Waals surface area contributed by atoms with E-state index in [9.17, 15) is 9.59 Å². The first-order chi connectivity index (χ1) is 10.6.